The molecule has 2 aromatic heterocycles. The summed E-state index contributed by atoms with van der Waals surface area (Å²) in [6.07, 6.45) is 4.42. The highest BCUT2D eigenvalue weighted by molar-refractivity contribution is 5.94. The Morgan fingerprint density at radius 3 is 2.78 bits per heavy atom. The van der Waals surface area contributed by atoms with E-state index < -0.39 is 0 Å². The normalized spacial score (nSPS) is 19.0. The van der Waals surface area contributed by atoms with Crippen LogP contribution in [0.2, 0.25) is 0 Å². The van der Waals surface area contributed by atoms with Crippen molar-refractivity contribution in [2.75, 3.05) is 31.1 Å². The summed E-state index contributed by atoms with van der Waals surface area (Å²) in [5.41, 5.74) is 1.97. The van der Waals surface area contributed by atoms with Gasteiger partial charge in [0.25, 0.3) is 5.91 Å². The lowest BCUT2D eigenvalue weighted by Gasteiger charge is -2.48. The average molecular weight is 308 g/mol. The molecule has 2 aliphatic heterocycles. The van der Waals surface area contributed by atoms with Crippen molar-refractivity contribution in [3.8, 4) is 0 Å². The van der Waals surface area contributed by atoms with Gasteiger partial charge in [-0.05, 0) is 37.6 Å². The number of carbonyl (C=O) groups excluding carboxylic acids is 1. The largest absolute Gasteiger partial charge is 0.355 e. The topological polar surface area (TPSA) is 49.3 Å². The maximum absolute atomic E-state index is 12.5. The zero-order valence-electron chi connectivity index (χ0n) is 13.3. The lowest BCUT2D eigenvalue weighted by atomic mass is 9.79. The number of carbonyl (C=O) groups is 1. The van der Waals surface area contributed by atoms with Crippen molar-refractivity contribution in [3.05, 3.63) is 54.0 Å². The minimum atomic E-state index is 0.0992. The van der Waals surface area contributed by atoms with Crippen LogP contribution in [0.3, 0.4) is 0 Å². The molecule has 0 bridgehead atoms. The molecular formula is C18H20N4O. The molecule has 0 radical (unpaired) electrons. The third-order valence-corrected chi connectivity index (χ3v) is 4.88. The molecule has 5 heteroatoms. The fourth-order valence-electron chi connectivity index (χ4n) is 3.67. The molecule has 5 nitrogen and oxygen atoms in total. The molecule has 4 heterocycles. The Morgan fingerprint density at radius 1 is 1.17 bits per heavy atom. The molecule has 0 aliphatic carbocycles. The van der Waals surface area contributed by atoms with E-state index in [4.69, 9.17) is 0 Å². The summed E-state index contributed by atoms with van der Waals surface area (Å²) in [6.45, 7) is 5.66. The predicted octanol–water partition coefficient (Wildman–Crippen LogP) is 2.14. The zero-order valence-corrected chi connectivity index (χ0v) is 13.3. The Hall–Kier alpha value is -2.43. The minimum Gasteiger partial charge on any atom is -0.355 e. The lowest BCUT2D eigenvalue weighted by Crippen LogP contribution is -2.58. The van der Waals surface area contributed by atoms with Crippen molar-refractivity contribution in [2.24, 2.45) is 5.41 Å². The summed E-state index contributed by atoms with van der Waals surface area (Å²) in [7, 11) is 0. The fourth-order valence-corrected chi connectivity index (χ4v) is 3.67. The molecule has 2 aromatic rings. The van der Waals surface area contributed by atoms with Gasteiger partial charge in [0.2, 0.25) is 0 Å². The zero-order chi connectivity index (χ0) is 15.9. The number of likely N-dealkylation sites (tertiary alicyclic amines) is 1. The Labute approximate surface area is 136 Å². The fraction of sp³-hybridized carbons (Fsp3) is 0.389. The van der Waals surface area contributed by atoms with Crippen LogP contribution in [0.25, 0.3) is 0 Å². The maximum atomic E-state index is 12.5. The molecule has 0 aromatic carbocycles. The number of rotatable bonds is 2. The monoisotopic (exact) mass is 308 g/mol. The molecule has 1 spiro atoms. The predicted molar refractivity (Wildman–Crippen MR) is 88.4 cm³/mol. The van der Waals surface area contributed by atoms with E-state index in [9.17, 15) is 4.79 Å². The highest BCUT2D eigenvalue weighted by Crippen LogP contribution is 2.41. The summed E-state index contributed by atoms with van der Waals surface area (Å²) in [6, 6.07) is 9.78. The Kier molecular flexibility index (Phi) is 3.29. The molecule has 2 fully saturated rings. The van der Waals surface area contributed by atoms with Gasteiger partial charge in [-0.3, -0.25) is 9.78 Å². The molecule has 23 heavy (non-hydrogen) atoms. The minimum absolute atomic E-state index is 0.0992. The first-order valence-corrected chi connectivity index (χ1v) is 8.03. The summed E-state index contributed by atoms with van der Waals surface area (Å²) in [5, 5.41) is 0. The van der Waals surface area contributed by atoms with Gasteiger partial charge in [-0.2, -0.15) is 0 Å². The Bertz CT molecular complexity index is 725. The van der Waals surface area contributed by atoms with E-state index in [0.29, 0.717) is 5.56 Å². The van der Waals surface area contributed by atoms with Crippen LogP contribution in [-0.2, 0) is 0 Å². The van der Waals surface area contributed by atoms with E-state index in [1.54, 1.807) is 12.4 Å². The molecular weight excluding hydrogens is 288 g/mol. The standard InChI is InChI=1S/C18H20N4O/c1-14-4-2-6-16(20-14)22-12-18(13-22)7-9-21(11-18)17(23)15-5-3-8-19-10-15/h2-6,8,10H,7,9,11-13H2,1H3. The number of amides is 1. The van der Waals surface area contributed by atoms with Crippen LogP contribution >= 0.6 is 0 Å². The molecule has 2 saturated heterocycles. The molecule has 1 amide bonds. The van der Waals surface area contributed by atoms with Gasteiger partial charge in [0.05, 0.1) is 5.56 Å². The highest BCUT2D eigenvalue weighted by atomic mass is 16.2. The highest BCUT2D eigenvalue weighted by Gasteiger charge is 2.49. The van der Waals surface area contributed by atoms with Gasteiger partial charge in [0.1, 0.15) is 5.82 Å². The third-order valence-electron chi connectivity index (χ3n) is 4.88. The van der Waals surface area contributed by atoms with Gasteiger partial charge in [-0.1, -0.05) is 6.07 Å². The second kappa shape index (κ2) is 5.33. The molecule has 2 aliphatic rings. The number of aromatic nitrogens is 2. The van der Waals surface area contributed by atoms with Crippen LogP contribution in [-0.4, -0.2) is 47.0 Å². The van der Waals surface area contributed by atoms with Crippen molar-refractivity contribution in [3.63, 3.8) is 0 Å². The number of hydrogen-bond donors (Lipinski definition) is 0. The molecule has 118 valence electrons. The summed E-state index contributed by atoms with van der Waals surface area (Å²) < 4.78 is 0. The smallest absolute Gasteiger partial charge is 0.255 e. The summed E-state index contributed by atoms with van der Waals surface area (Å²) >= 11 is 0. The molecule has 0 saturated carbocycles. The van der Waals surface area contributed by atoms with Crippen molar-refractivity contribution < 1.29 is 4.79 Å². The summed E-state index contributed by atoms with van der Waals surface area (Å²) in [5.74, 6) is 1.15. The second-order valence-electron chi connectivity index (χ2n) is 6.71. The third kappa shape index (κ3) is 2.56. The van der Waals surface area contributed by atoms with Crippen LogP contribution in [0.1, 0.15) is 22.5 Å². The first-order valence-electron chi connectivity index (χ1n) is 8.03. The van der Waals surface area contributed by atoms with Crippen LogP contribution in [0, 0.1) is 12.3 Å². The van der Waals surface area contributed by atoms with Crippen molar-refractivity contribution >= 4 is 11.7 Å². The van der Waals surface area contributed by atoms with Crippen LogP contribution in [0.4, 0.5) is 5.82 Å². The van der Waals surface area contributed by atoms with Crippen molar-refractivity contribution in [2.45, 2.75) is 13.3 Å². The maximum Gasteiger partial charge on any atom is 0.255 e. The number of aryl methyl sites for hydroxylation is 1. The number of pyridine rings is 2. The first-order chi connectivity index (χ1) is 11.2. The van der Waals surface area contributed by atoms with E-state index in [0.717, 1.165) is 44.1 Å². The van der Waals surface area contributed by atoms with E-state index in [1.807, 2.05) is 30.0 Å². The Morgan fingerprint density at radius 2 is 2.04 bits per heavy atom. The summed E-state index contributed by atoms with van der Waals surface area (Å²) in [4.78, 5) is 25.4. The number of anilines is 1. The number of hydrogen-bond acceptors (Lipinski definition) is 4. The van der Waals surface area contributed by atoms with Crippen molar-refractivity contribution in [1.29, 1.82) is 0 Å². The van der Waals surface area contributed by atoms with Gasteiger partial charge in [0.15, 0.2) is 0 Å². The van der Waals surface area contributed by atoms with Gasteiger partial charge < -0.3 is 9.80 Å². The van der Waals surface area contributed by atoms with Crippen LogP contribution in [0.5, 0.6) is 0 Å². The average Bonchev–Trinajstić information content (AvgIpc) is 2.99. The SMILES string of the molecule is Cc1cccc(N2CC3(CCN(C(=O)c4cccnc4)C3)C2)n1. The molecule has 0 N–H and O–H groups in total. The first kappa shape index (κ1) is 14.2. The van der Waals surface area contributed by atoms with Crippen molar-refractivity contribution in [1.82, 2.24) is 14.9 Å². The van der Waals surface area contributed by atoms with Crippen LogP contribution in [0.15, 0.2) is 42.7 Å². The van der Waals surface area contributed by atoms with E-state index in [1.165, 1.54) is 0 Å². The molecule has 0 atom stereocenters. The van der Waals surface area contributed by atoms with Gasteiger partial charge in [-0.25, -0.2) is 4.98 Å². The molecule has 0 unspecified atom stereocenters. The second-order valence-corrected chi connectivity index (χ2v) is 6.71. The van der Waals surface area contributed by atoms with E-state index in [-0.39, 0.29) is 11.3 Å². The van der Waals surface area contributed by atoms with E-state index >= 15 is 0 Å². The van der Waals surface area contributed by atoms with Gasteiger partial charge in [-0.15, -0.1) is 0 Å². The van der Waals surface area contributed by atoms with Crippen LogP contribution < -0.4 is 4.90 Å². The van der Waals surface area contributed by atoms with Gasteiger partial charge in [0, 0.05) is 49.7 Å². The van der Waals surface area contributed by atoms with E-state index in [2.05, 4.69) is 27.0 Å². The van der Waals surface area contributed by atoms with Gasteiger partial charge >= 0.3 is 0 Å². The lowest BCUT2D eigenvalue weighted by molar-refractivity contribution is 0.0762. The quantitative estimate of drug-likeness (QED) is 0.853. The molecule has 4 rings (SSSR count). The Balaban J connectivity index is 1.41. The number of nitrogens with zero attached hydrogens (tertiary/aromatic N) is 4.